The predicted octanol–water partition coefficient (Wildman–Crippen LogP) is 4.63. The van der Waals surface area contributed by atoms with Crippen molar-refractivity contribution in [1.82, 2.24) is 0 Å². The van der Waals surface area contributed by atoms with Gasteiger partial charge >= 0.3 is 0 Å². The summed E-state index contributed by atoms with van der Waals surface area (Å²) in [6.07, 6.45) is 2.07. The zero-order valence-electron chi connectivity index (χ0n) is 10.9. The second-order valence-electron chi connectivity index (χ2n) is 4.45. The molecular formula is C15H18ClNS2. The maximum atomic E-state index is 6.19. The van der Waals surface area contributed by atoms with Crippen molar-refractivity contribution < 1.29 is 0 Å². The van der Waals surface area contributed by atoms with Gasteiger partial charge in [-0.1, -0.05) is 18.5 Å². The summed E-state index contributed by atoms with van der Waals surface area (Å²) in [5.41, 5.74) is 6.19. The van der Waals surface area contributed by atoms with Crippen LogP contribution in [0.2, 0.25) is 5.02 Å². The second-order valence-corrected chi connectivity index (χ2v) is 7.23. The van der Waals surface area contributed by atoms with Crippen molar-refractivity contribution in [1.29, 1.82) is 0 Å². The molecule has 2 rings (SSSR count). The smallest absolute Gasteiger partial charge is 0.0406 e. The van der Waals surface area contributed by atoms with Crippen molar-refractivity contribution >= 4 is 34.7 Å². The summed E-state index contributed by atoms with van der Waals surface area (Å²) in [6, 6.07) is 12.5. The molecule has 0 radical (unpaired) electrons. The lowest BCUT2D eigenvalue weighted by atomic mass is 10.2. The van der Waals surface area contributed by atoms with Crippen LogP contribution in [0.4, 0.5) is 0 Å². The molecule has 2 aromatic rings. The van der Waals surface area contributed by atoms with E-state index < -0.39 is 0 Å². The third kappa shape index (κ3) is 4.84. The van der Waals surface area contributed by atoms with Crippen LogP contribution in [0.3, 0.4) is 0 Å². The third-order valence-corrected chi connectivity index (χ3v) is 5.51. The predicted molar refractivity (Wildman–Crippen MR) is 87.6 cm³/mol. The number of benzene rings is 1. The number of hydrogen-bond donors (Lipinski definition) is 1. The van der Waals surface area contributed by atoms with Gasteiger partial charge in [-0.15, -0.1) is 23.1 Å². The third-order valence-electron chi connectivity index (χ3n) is 2.81. The normalized spacial score (nSPS) is 12.6. The number of aryl methyl sites for hydroxylation is 1. The van der Waals surface area contributed by atoms with Crippen LogP contribution in [0.15, 0.2) is 41.3 Å². The maximum absolute atomic E-state index is 6.19. The molecule has 1 unspecified atom stereocenters. The van der Waals surface area contributed by atoms with Gasteiger partial charge in [-0.2, -0.15) is 0 Å². The van der Waals surface area contributed by atoms with E-state index in [9.17, 15) is 0 Å². The van der Waals surface area contributed by atoms with Gasteiger partial charge in [0.05, 0.1) is 0 Å². The van der Waals surface area contributed by atoms with E-state index in [2.05, 4.69) is 19.1 Å². The molecule has 0 saturated heterocycles. The molecule has 0 bridgehead atoms. The fourth-order valence-corrected chi connectivity index (χ4v) is 3.80. The van der Waals surface area contributed by atoms with E-state index in [-0.39, 0.29) is 6.04 Å². The highest BCUT2D eigenvalue weighted by Gasteiger charge is 2.07. The first kappa shape index (κ1) is 14.9. The van der Waals surface area contributed by atoms with Crippen LogP contribution >= 0.6 is 34.7 Å². The Bertz CT molecular complexity index is 507. The molecule has 102 valence electrons. The lowest BCUT2D eigenvalue weighted by Gasteiger charge is -2.10. The van der Waals surface area contributed by atoms with Gasteiger partial charge < -0.3 is 5.73 Å². The number of hydrogen-bond acceptors (Lipinski definition) is 3. The zero-order chi connectivity index (χ0) is 13.7. The van der Waals surface area contributed by atoms with Gasteiger partial charge in [0.2, 0.25) is 0 Å². The molecule has 0 saturated carbocycles. The number of nitrogens with two attached hydrogens (primary N) is 1. The molecule has 1 nitrogen and oxygen atoms in total. The summed E-state index contributed by atoms with van der Waals surface area (Å²) in [5, 5.41) is 0.777. The highest BCUT2D eigenvalue weighted by atomic mass is 35.5. The fraction of sp³-hybridized carbons (Fsp3) is 0.333. The van der Waals surface area contributed by atoms with Gasteiger partial charge in [0.25, 0.3) is 0 Å². The largest absolute Gasteiger partial charge is 0.327 e. The lowest BCUT2D eigenvalue weighted by molar-refractivity contribution is 0.757. The Morgan fingerprint density at radius 1 is 1.16 bits per heavy atom. The Hall–Kier alpha value is -0.480. The number of rotatable bonds is 6. The molecule has 0 amide bonds. The molecule has 1 heterocycles. The summed E-state index contributed by atoms with van der Waals surface area (Å²) in [5.74, 6) is 0.932. The lowest BCUT2D eigenvalue weighted by Crippen LogP contribution is -2.25. The van der Waals surface area contributed by atoms with E-state index in [4.69, 9.17) is 17.3 Å². The van der Waals surface area contributed by atoms with E-state index in [0.29, 0.717) is 0 Å². The van der Waals surface area contributed by atoms with Crippen molar-refractivity contribution in [3.63, 3.8) is 0 Å². The Morgan fingerprint density at radius 3 is 2.47 bits per heavy atom. The Morgan fingerprint density at radius 2 is 1.84 bits per heavy atom. The topological polar surface area (TPSA) is 26.0 Å². The average molecular weight is 312 g/mol. The van der Waals surface area contributed by atoms with Gasteiger partial charge in [0, 0.05) is 31.5 Å². The van der Waals surface area contributed by atoms with Gasteiger partial charge in [-0.25, -0.2) is 0 Å². The maximum Gasteiger partial charge on any atom is 0.0406 e. The van der Waals surface area contributed by atoms with E-state index in [1.165, 1.54) is 14.6 Å². The van der Waals surface area contributed by atoms with Crippen LogP contribution in [0.25, 0.3) is 0 Å². The highest BCUT2D eigenvalue weighted by Crippen LogP contribution is 2.23. The quantitative estimate of drug-likeness (QED) is 0.787. The molecule has 1 aromatic carbocycles. The zero-order valence-corrected chi connectivity index (χ0v) is 13.3. The molecule has 0 aliphatic heterocycles. The molecular weight excluding hydrogens is 294 g/mol. The van der Waals surface area contributed by atoms with Gasteiger partial charge in [0.1, 0.15) is 0 Å². The van der Waals surface area contributed by atoms with Gasteiger partial charge in [0.15, 0.2) is 0 Å². The molecule has 4 heteroatoms. The molecule has 0 fully saturated rings. The van der Waals surface area contributed by atoms with E-state index >= 15 is 0 Å². The standard InChI is InChI=1S/C15H18ClNS2/c1-2-13-7-8-15(19-13)9-12(17)10-18-14-5-3-11(16)4-6-14/h3-8,12H,2,9-10,17H2,1H3. The minimum absolute atomic E-state index is 0.198. The summed E-state index contributed by atoms with van der Waals surface area (Å²) in [4.78, 5) is 4.05. The van der Waals surface area contributed by atoms with Crippen LogP contribution in [-0.2, 0) is 12.8 Å². The summed E-state index contributed by atoms with van der Waals surface area (Å²) in [7, 11) is 0. The van der Waals surface area contributed by atoms with Crippen molar-refractivity contribution in [3.05, 3.63) is 51.2 Å². The first-order valence-electron chi connectivity index (χ1n) is 6.39. The first-order chi connectivity index (χ1) is 9.17. The molecule has 0 aliphatic rings. The number of thiophene rings is 1. The van der Waals surface area contributed by atoms with Gasteiger partial charge in [-0.3, -0.25) is 0 Å². The monoisotopic (exact) mass is 311 g/mol. The van der Waals surface area contributed by atoms with E-state index in [1.54, 1.807) is 11.8 Å². The number of halogens is 1. The van der Waals surface area contributed by atoms with Crippen molar-refractivity contribution in [2.75, 3.05) is 5.75 Å². The van der Waals surface area contributed by atoms with Crippen molar-refractivity contribution in [3.8, 4) is 0 Å². The molecule has 1 aromatic heterocycles. The fourth-order valence-electron chi connectivity index (χ4n) is 1.77. The second kappa shape index (κ2) is 7.34. The van der Waals surface area contributed by atoms with Gasteiger partial charge in [-0.05, 0) is 49.2 Å². The molecule has 19 heavy (non-hydrogen) atoms. The first-order valence-corrected chi connectivity index (χ1v) is 8.57. The minimum atomic E-state index is 0.198. The van der Waals surface area contributed by atoms with Crippen molar-refractivity contribution in [2.45, 2.75) is 30.7 Å². The molecule has 0 aliphatic carbocycles. The molecule has 0 spiro atoms. The van der Waals surface area contributed by atoms with Crippen LogP contribution in [0, 0.1) is 0 Å². The Balaban J connectivity index is 1.81. The SMILES string of the molecule is CCc1ccc(CC(N)CSc2ccc(Cl)cc2)s1. The summed E-state index contributed by atoms with van der Waals surface area (Å²) < 4.78 is 0. The van der Waals surface area contributed by atoms with E-state index in [0.717, 1.165) is 23.6 Å². The van der Waals surface area contributed by atoms with Crippen LogP contribution < -0.4 is 5.73 Å². The molecule has 1 atom stereocenters. The highest BCUT2D eigenvalue weighted by molar-refractivity contribution is 7.99. The Kier molecular flexibility index (Phi) is 5.76. The van der Waals surface area contributed by atoms with Crippen LogP contribution in [-0.4, -0.2) is 11.8 Å². The molecule has 2 N–H and O–H groups in total. The van der Waals surface area contributed by atoms with E-state index in [1.807, 2.05) is 35.6 Å². The average Bonchev–Trinajstić information content (AvgIpc) is 2.86. The van der Waals surface area contributed by atoms with Crippen molar-refractivity contribution in [2.24, 2.45) is 5.73 Å². The Labute approximate surface area is 128 Å². The summed E-state index contributed by atoms with van der Waals surface area (Å²) in [6.45, 7) is 2.19. The van der Waals surface area contributed by atoms with Crippen LogP contribution in [0.5, 0.6) is 0 Å². The summed E-state index contributed by atoms with van der Waals surface area (Å²) >= 11 is 9.53. The minimum Gasteiger partial charge on any atom is -0.327 e. The van der Waals surface area contributed by atoms with Crippen LogP contribution in [0.1, 0.15) is 16.7 Å². The number of thioether (sulfide) groups is 1.